The Morgan fingerprint density at radius 3 is 2.36 bits per heavy atom. The lowest BCUT2D eigenvalue weighted by atomic mass is 9.84. The summed E-state index contributed by atoms with van der Waals surface area (Å²) in [6, 6.07) is 15.8. The Kier molecular flexibility index (Phi) is 5.61. The number of carbonyl (C=O) groups excluding carboxylic acids is 1. The first-order valence-electron chi connectivity index (χ1n) is 8.86. The van der Waals surface area contributed by atoms with Crippen molar-refractivity contribution >= 4 is 5.78 Å². The van der Waals surface area contributed by atoms with E-state index in [2.05, 4.69) is 4.90 Å². The van der Waals surface area contributed by atoms with E-state index in [0.29, 0.717) is 37.9 Å². The van der Waals surface area contributed by atoms with Crippen molar-refractivity contribution in [3.8, 4) is 0 Å². The third kappa shape index (κ3) is 4.33. The number of carbonyl (C=O) groups is 1. The van der Waals surface area contributed by atoms with Crippen LogP contribution in [0.25, 0.3) is 0 Å². The van der Waals surface area contributed by atoms with Crippen LogP contribution < -0.4 is 0 Å². The molecular formula is C21H24FNO2. The number of rotatable bonds is 6. The van der Waals surface area contributed by atoms with Crippen molar-refractivity contribution < 1.29 is 14.3 Å². The third-order valence-electron chi connectivity index (χ3n) is 5.03. The quantitative estimate of drug-likeness (QED) is 0.813. The number of ketones is 1. The Labute approximate surface area is 148 Å². The summed E-state index contributed by atoms with van der Waals surface area (Å²) in [6.07, 6.45) is 2.35. The zero-order valence-electron chi connectivity index (χ0n) is 14.3. The second kappa shape index (κ2) is 7.89. The normalized spacial score (nSPS) is 17.4. The first kappa shape index (κ1) is 17.8. The van der Waals surface area contributed by atoms with E-state index in [1.165, 1.54) is 6.07 Å². The molecule has 3 nitrogen and oxygen atoms in total. The first-order valence-corrected chi connectivity index (χ1v) is 8.86. The van der Waals surface area contributed by atoms with Crippen LogP contribution in [-0.4, -0.2) is 35.4 Å². The number of nitrogens with zero attached hydrogens (tertiary/aromatic N) is 1. The van der Waals surface area contributed by atoms with E-state index < -0.39 is 5.60 Å². The molecule has 0 aliphatic carbocycles. The number of halogens is 1. The van der Waals surface area contributed by atoms with Crippen LogP contribution in [0.2, 0.25) is 0 Å². The molecule has 2 aromatic rings. The molecule has 1 N–H and O–H groups in total. The summed E-state index contributed by atoms with van der Waals surface area (Å²) in [5.74, 6) is -0.174. The van der Waals surface area contributed by atoms with Gasteiger partial charge in [-0.2, -0.15) is 0 Å². The first-order chi connectivity index (χ1) is 12.1. The molecule has 1 saturated heterocycles. The number of Topliss-reactive ketones (excluding diaryl/α,β-unsaturated/α-hetero) is 1. The Morgan fingerprint density at radius 2 is 1.68 bits per heavy atom. The van der Waals surface area contributed by atoms with Crippen molar-refractivity contribution in [2.24, 2.45) is 0 Å². The lowest BCUT2D eigenvalue weighted by Crippen LogP contribution is -2.43. The van der Waals surface area contributed by atoms with Gasteiger partial charge in [0.05, 0.1) is 5.60 Å². The molecular weight excluding hydrogens is 317 g/mol. The Balaban J connectivity index is 1.47. The topological polar surface area (TPSA) is 40.5 Å². The van der Waals surface area contributed by atoms with Gasteiger partial charge in [0, 0.05) is 30.6 Å². The average molecular weight is 341 g/mol. The average Bonchev–Trinajstić information content (AvgIpc) is 2.64. The van der Waals surface area contributed by atoms with Crippen molar-refractivity contribution in [2.45, 2.75) is 31.3 Å². The van der Waals surface area contributed by atoms with Crippen molar-refractivity contribution in [1.29, 1.82) is 0 Å². The van der Waals surface area contributed by atoms with Gasteiger partial charge in [0.25, 0.3) is 0 Å². The highest BCUT2D eigenvalue weighted by Gasteiger charge is 2.35. The van der Waals surface area contributed by atoms with Gasteiger partial charge in [-0.15, -0.1) is 0 Å². The smallest absolute Gasteiger partial charge is 0.162 e. The SMILES string of the molecule is O=C(CCCN1CCC(O)(c2ccccc2F)CC1)c1ccccc1. The molecule has 3 rings (SSSR count). The minimum absolute atomic E-state index is 0.167. The van der Waals surface area contributed by atoms with Crippen molar-refractivity contribution in [2.75, 3.05) is 19.6 Å². The standard InChI is InChI=1S/C21H24FNO2/c22-19-10-5-4-9-18(19)21(25)12-15-23(16-13-21)14-6-11-20(24)17-7-2-1-3-8-17/h1-5,7-10,25H,6,11-16H2. The molecule has 1 heterocycles. The van der Waals surface area contributed by atoms with E-state index >= 15 is 0 Å². The molecule has 0 amide bonds. The van der Waals surface area contributed by atoms with E-state index in [1.54, 1.807) is 18.2 Å². The molecule has 0 saturated carbocycles. The molecule has 132 valence electrons. The molecule has 0 spiro atoms. The number of likely N-dealkylation sites (tertiary alicyclic amines) is 1. The highest BCUT2D eigenvalue weighted by molar-refractivity contribution is 5.95. The minimum atomic E-state index is -1.08. The number of aliphatic hydroxyl groups is 1. The van der Waals surface area contributed by atoms with Gasteiger partial charge >= 0.3 is 0 Å². The van der Waals surface area contributed by atoms with Gasteiger partial charge in [0.1, 0.15) is 5.82 Å². The molecule has 0 bridgehead atoms. The summed E-state index contributed by atoms with van der Waals surface area (Å²) in [4.78, 5) is 14.4. The lowest BCUT2D eigenvalue weighted by Gasteiger charge is -2.38. The van der Waals surface area contributed by atoms with E-state index in [0.717, 1.165) is 18.5 Å². The zero-order valence-corrected chi connectivity index (χ0v) is 14.3. The second-order valence-electron chi connectivity index (χ2n) is 6.75. The van der Waals surface area contributed by atoms with Gasteiger partial charge < -0.3 is 10.0 Å². The van der Waals surface area contributed by atoms with Crippen molar-refractivity contribution in [3.05, 3.63) is 71.5 Å². The number of hydrogen-bond acceptors (Lipinski definition) is 3. The molecule has 0 unspecified atom stereocenters. The third-order valence-corrected chi connectivity index (χ3v) is 5.03. The van der Waals surface area contributed by atoms with Crippen molar-refractivity contribution in [3.63, 3.8) is 0 Å². The van der Waals surface area contributed by atoms with Gasteiger partial charge in [-0.1, -0.05) is 48.5 Å². The minimum Gasteiger partial charge on any atom is -0.385 e. The van der Waals surface area contributed by atoms with E-state index in [1.807, 2.05) is 30.3 Å². The molecule has 4 heteroatoms. The monoisotopic (exact) mass is 341 g/mol. The summed E-state index contributed by atoms with van der Waals surface area (Å²) in [6.45, 7) is 2.25. The Hall–Kier alpha value is -2.04. The predicted octanol–water partition coefficient (Wildman–Crippen LogP) is 3.77. The molecule has 25 heavy (non-hydrogen) atoms. The summed E-state index contributed by atoms with van der Waals surface area (Å²) >= 11 is 0. The maximum atomic E-state index is 14.0. The highest BCUT2D eigenvalue weighted by Crippen LogP contribution is 2.34. The fourth-order valence-electron chi connectivity index (χ4n) is 3.49. The molecule has 1 aliphatic heterocycles. The summed E-state index contributed by atoms with van der Waals surface area (Å²) < 4.78 is 14.0. The number of hydrogen-bond donors (Lipinski definition) is 1. The summed E-state index contributed by atoms with van der Waals surface area (Å²) in [5, 5.41) is 10.8. The lowest BCUT2D eigenvalue weighted by molar-refractivity contribution is -0.0286. The molecule has 0 atom stereocenters. The summed E-state index contributed by atoms with van der Waals surface area (Å²) in [7, 11) is 0. The van der Waals surface area contributed by atoms with Crippen LogP contribution >= 0.6 is 0 Å². The summed E-state index contributed by atoms with van der Waals surface area (Å²) in [5.41, 5.74) is 0.0748. The van der Waals surface area contributed by atoms with Crippen LogP contribution in [0.15, 0.2) is 54.6 Å². The maximum absolute atomic E-state index is 14.0. The number of piperidine rings is 1. The highest BCUT2D eigenvalue weighted by atomic mass is 19.1. The molecule has 0 radical (unpaired) electrons. The van der Waals surface area contributed by atoms with Crippen LogP contribution in [0, 0.1) is 5.82 Å². The second-order valence-corrected chi connectivity index (χ2v) is 6.75. The van der Waals surface area contributed by atoms with Crippen LogP contribution in [0.1, 0.15) is 41.6 Å². The largest absolute Gasteiger partial charge is 0.385 e. The Bertz CT molecular complexity index is 709. The van der Waals surface area contributed by atoms with E-state index in [9.17, 15) is 14.3 Å². The van der Waals surface area contributed by atoms with E-state index in [-0.39, 0.29) is 11.6 Å². The van der Waals surface area contributed by atoms with Crippen LogP contribution in [0.3, 0.4) is 0 Å². The van der Waals surface area contributed by atoms with Crippen molar-refractivity contribution in [1.82, 2.24) is 4.90 Å². The van der Waals surface area contributed by atoms with Gasteiger partial charge in [-0.05, 0) is 31.9 Å². The fraction of sp³-hybridized carbons (Fsp3) is 0.381. The molecule has 2 aromatic carbocycles. The van der Waals surface area contributed by atoms with Crippen LogP contribution in [-0.2, 0) is 5.60 Å². The Morgan fingerprint density at radius 1 is 1.04 bits per heavy atom. The van der Waals surface area contributed by atoms with Gasteiger partial charge in [-0.25, -0.2) is 4.39 Å². The van der Waals surface area contributed by atoms with Crippen LogP contribution in [0.4, 0.5) is 4.39 Å². The number of benzene rings is 2. The van der Waals surface area contributed by atoms with E-state index in [4.69, 9.17) is 0 Å². The zero-order chi connectivity index (χ0) is 17.7. The fourth-order valence-corrected chi connectivity index (χ4v) is 3.49. The molecule has 1 fully saturated rings. The van der Waals surface area contributed by atoms with Gasteiger partial charge in [-0.3, -0.25) is 4.79 Å². The maximum Gasteiger partial charge on any atom is 0.162 e. The predicted molar refractivity (Wildman–Crippen MR) is 96.0 cm³/mol. The van der Waals surface area contributed by atoms with Crippen LogP contribution in [0.5, 0.6) is 0 Å². The molecule has 0 aromatic heterocycles. The van der Waals surface area contributed by atoms with Gasteiger partial charge in [0.2, 0.25) is 0 Å². The van der Waals surface area contributed by atoms with Gasteiger partial charge in [0.15, 0.2) is 5.78 Å². The molecule has 1 aliphatic rings.